The Morgan fingerprint density at radius 2 is 0.571 bits per heavy atom. The molecular formula is C28H38. The van der Waals surface area contributed by atoms with E-state index in [1.54, 1.807) is 0 Å². The number of hydrogen-bond acceptors (Lipinski definition) is 0. The van der Waals surface area contributed by atoms with Gasteiger partial charge in [0.15, 0.2) is 0 Å². The maximum atomic E-state index is 2.49. The molecule has 28 heavy (non-hydrogen) atoms. The second-order valence-electron chi connectivity index (χ2n) is 9.92. The molecule has 0 spiro atoms. The molecule has 150 valence electrons. The topological polar surface area (TPSA) is 0 Å². The minimum absolute atomic E-state index is 0.548. The van der Waals surface area contributed by atoms with E-state index in [1.165, 1.54) is 54.9 Å². The SMILES string of the molecule is Cc1c2cc(C(C)C)c(C(C)C)cc2c(C)c2cc(C(C)C)c(C(C)C)cc12. The standard InChI is InChI=1S/C28H38/c1-15(2)21-11-25-19(9)27-13-23(17(5)6)24(18(7)8)14-28(27)20(10)26(25)12-22(21)16(3)4/h11-18H,1-10H3. The first kappa shape index (κ1) is 20.9. The van der Waals surface area contributed by atoms with Crippen molar-refractivity contribution in [3.05, 3.63) is 57.6 Å². The Bertz CT molecular complexity index is 865. The second kappa shape index (κ2) is 7.54. The van der Waals surface area contributed by atoms with Crippen molar-refractivity contribution in [3.8, 4) is 0 Å². The summed E-state index contributed by atoms with van der Waals surface area (Å²) in [4.78, 5) is 0. The minimum atomic E-state index is 0.548. The molecule has 0 aliphatic heterocycles. The van der Waals surface area contributed by atoms with Crippen LogP contribution in [0.1, 0.15) is 112 Å². The van der Waals surface area contributed by atoms with Crippen LogP contribution >= 0.6 is 0 Å². The maximum Gasteiger partial charge on any atom is -0.0143 e. The molecule has 0 amide bonds. The summed E-state index contributed by atoms with van der Waals surface area (Å²) in [7, 11) is 0. The van der Waals surface area contributed by atoms with Gasteiger partial charge < -0.3 is 0 Å². The lowest BCUT2D eigenvalue weighted by atomic mass is 9.82. The van der Waals surface area contributed by atoms with Gasteiger partial charge in [0.05, 0.1) is 0 Å². The highest BCUT2D eigenvalue weighted by atomic mass is 14.2. The van der Waals surface area contributed by atoms with Crippen LogP contribution in [0.3, 0.4) is 0 Å². The monoisotopic (exact) mass is 374 g/mol. The molecule has 0 unspecified atom stereocenters. The lowest BCUT2D eigenvalue weighted by Crippen LogP contribution is -2.03. The summed E-state index contributed by atoms with van der Waals surface area (Å²) >= 11 is 0. The zero-order valence-corrected chi connectivity index (χ0v) is 19.6. The smallest absolute Gasteiger partial charge is 0.0143 e. The first-order chi connectivity index (χ1) is 13.0. The third-order valence-corrected chi connectivity index (χ3v) is 6.55. The number of fused-ring (bicyclic) bond motifs is 2. The third kappa shape index (κ3) is 3.36. The Labute approximate surface area is 172 Å². The van der Waals surface area contributed by atoms with Gasteiger partial charge in [-0.2, -0.15) is 0 Å². The van der Waals surface area contributed by atoms with Gasteiger partial charge in [0.2, 0.25) is 0 Å². The van der Waals surface area contributed by atoms with E-state index in [0.717, 1.165) is 0 Å². The molecule has 0 heteroatoms. The Morgan fingerprint density at radius 1 is 0.393 bits per heavy atom. The fraction of sp³-hybridized carbons (Fsp3) is 0.500. The molecule has 3 rings (SSSR count). The van der Waals surface area contributed by atoms with E-state index < -0.39 is 0 Å². The Hall–Kier alpha value is -1.82. The van der Waals surface area contributed by atoms with Crippen molar-refractivity contribution in [2.45, 2.75) is 92.9 Å². The molecule has 3 aromatic carbocycles. The van der Waals surface area contributed by atoms with Crippen molar-refractivity contribution >= 4 is 21.5 Å². The summed E-state index contributed by atoms with van der Waals surface area (Å²) in [5, 5.41) is 5.74. The lowest BCUT2D eigenvalue weighted by molar-refractivity contribution is 0.792. The number of benzene rings is 3. The Balaban J connectivity index is 2.50. The lowest BCUT2D eigenvalue weighted by Gasteiger charge is -2.23. The van der Waals surface area contributed by atoms with Crippen molar-refractivity contribution in [2.24, 2.45) is 0 Å². The molecular weight excluding hydrogens is 336 g/mol. The molecule has 0 N–H and O–H groups in total. The van der Waals surface area contributed by atoms with E-state index in [9.17, 15) is 0 Å². The zero-order valence-electron chi connectivity index (χ0n) is 19.6. The molecule has 0 radical (unpaired) electrons. The summed E-state index contributed by atoms with van der Waals surface area (Å²) in [6, 6.07) is 9.95. The normalized spacial score (nSPS) is 12.5. The van der Waals surface area contributed by atoms with E-state index in [2.05, 4.69) is 93.5 Å². The van der Waals surface area contributed by atoms with Crippen molar-refractivity contribution in [1.82, 2.24) is 0 Å². The molecule has 3 aromatic rings. The van der Waals surface area contributed by atoms with Crippen LogP contribution in [0.15, 0.2) is 24.3 Å². The van der Waals surface area contributed by atoms with Crippen LogP contribution in [0, 0.1) is 13.8 Å². The van der Waals surface area contributed by atoms with Crippen molar-refractivity contribution in [3.63, 3.8) is 0 Å². The van der Waals surface area contributed by atoms with Gasteiger partial charge in [-0.3, -0.25) is 0 Å². The summed E-state index contributed by atoms with van der Waals surface area (Å²) in [6.07, 6.45) is 0. The van der Waals surface area contributed by atoms with Crippen LogP contribution in [-0.4, -0.2) is 0 Å². The third-order valence-electron chi connectivity index (χ3n) is 6.55. The summed E-state index contributed by atoms with van der Waals surface area (Å²) in [5.74, 6) is 2.19. The Kier molecular flexibility index (Phi) is 5.63. The fourth-order valence-electron chi connectivity index (χ4n) is 4.80. The summed E-state index contributed by atoms with van der Waals surface area (Å²) in [6.45, 7) is 23.2. The van der Waals surface area contributed by atoms with E-state index in [4.69, 9.17) is 0 Å². The highest BCUT2D eigenvalue weighted by Crippen LogP contribution is 2.40. The molecule has 0 aromatic heterocycles. The van der Waals surface area contributed by atoms with Crippen molar-refractivity contribution < 1.29 is 0 Å². The Morgan fingerprint density at radius 3 is 0.714 bits per heavy atom. The van der Waals surface area contributed by atoms with Gasteiger partial charge in [-0.15, -0.1) is 0 Å². The molecule has 0 saturated heterocycles. The van der Waals surface area contributed by atoms with Crippen LogP contribution < -0.4 is 0 Å². The van der Waals surface area contributed by atoms with E-state index in [1.807, 2.05) is 0 Å². The van der Waals surface area contributed by atoms with Crippen LogP contribution in [0.4, 0.5) is 0 Å². The average molecular weight is 375 g/mol. The number of aryl methyl sites for hydroxylation is 2. The van der Waals surface area contributed by atoms with Gasteiger partial charge >= 0.3 is 0 Å². The van der Waals surface area contributed by atoms with Gasteiger partial charge in [-0.1, -0.05) is 79.7 Å². The number of hydrogen-bond donors (Lipinski definition) is 0. The van der Waals surface area contributed by atoms with Gasteiger partial charge in [-0.25, -0.2) is 0 Å². The fourth-order valence-corrected chi connectivity index (χ4v) is 4.80. The van der Waals surface area contributed by atoms with Crippen LogP contribution in [0.5, 0.6) is 0 Å². The summed E-state index contributed by atoms with van der Waals surface area (Å²) in [5.41, 5.74) is 8.90. The quantitative estimate of drug-likeness (QED) is 0.399. The second-order valence-corrected chi connectivity index (χ2v) is 9.92. The molecule has 0 aliphatic carbocycles. The maximum absolute atomic E-state index is 2.49. The van der Waals surface area contributed by atoms with Crippen molar-refractivity contribution in [2.75, 3.05) is 0 Å². The van der Waals surface area contributed by atoms with Crippen LogP contribution in [0.2, 0.25) is 0 Å². The average Bonchev–Trinajstić information content (AvgIpc) is 2.63. The van der Waals surface area contributed by atoms with E-state index in [0.29, 0.717) is 23.7 Å². The highest BCUT2D eigenvalue weighted by molar-refractivity contribution is 6.06. The van der Waals surface area contributed by atoms with Gasteiger partial charge in [0.25, 0.3) is 0 Å². The minimum Gasteiger partial charge on any atom is -0.0587 e. The number of rotatable bonds is 4. The molecule has 0 atom stereocenters. The predicted molar refractivity (Wildman–Crippen MR) is 127 cm³/mol. The van der Waals surface area contributed by atoms with E-state index in [-0.39, 0.29) is 0 Å². The first-order valence-corrected chi connectivity index (χ1v) is 11.1. The summed E-state index contributed by atoms with van der Waals surface area (Å²) < 4.78 is 0. The van der Waals surface area contributed by atoms with Crippen LogP contribution in [-0.2, 0) is 0 Å². The van der Waals surface area contributed by atoms with Gasteiger partial charge in [-0.05, 0) is 92.4 Å². The van der Waals surface area contributed by atoms with Gasteiger partial charge in [0, 0.05) is 0 Å². The molecule has 0 aliphatic rings. The first-order valence-electron chi connectivity index (χ1n) is 11.1. The molecule has 0 bridgehead atoms. The largest absolute Gasteiger partial charge is 0.0587 e. The molecule has 0 nitrogen and oxygen atoms in total. The van der Waals surface area contributed by atoms with Crippen LogP contribution in [0.25, 0.3) is 21.5 Å². The van der Waals surface area contributed by atoms with Crippen molar-refractivity contribution in [1.29, 1.82) is 0 Å². The molecule has 0 heterocycles. The molecule has 0 saturated carbocycles. The zero-order chi connectivity index (χ0) is 20.9. The van der Waals surface area contributed by atoms with Gasteiger partial charge in [0.1, 0.15) is 0 Å². The molecule has 0 fully saturated rings. The predicted octanol–water partition coefficient (Wildman–Crippen LogP) is 9.10. The highest BCUT2D eigenvalue weighted by Gasteiger charge is 2.18. The van der Waals surface area contributed by atoms with E-state index >= 15 is 0 Å².